The fourth-order valence-corrected chi connectivity index (χ4v) is 3.97. The Morgan fingerprint density at radius 1 is 1.23 bits per heavy atom. The first-order valence-corrected chi connectivity index (χ1v) is 10.2. The van der Waals surface area contributed by atoms with Gasteiger partial charge in [-0.1, -0.05) is 41.4 Å². The van der Waals surface area contributed by atoms with Gasteiger partial charge in [0.1, 0.15) is 28.2 Å². The van der Waals surface area contributed by atoms with Gasteiger partial charge in [0.05, 0.1) is 19.1 Å². The lowest BCUT2D eigenvalue weighted by Crippen LogP contribution is -2.27. The normalized spacial score (nSPS) is 10.9. The topological polar surface area (TPSA) is 86.1 Å². The van der Waals surface area contributed by atoms with Gasteiger partial charge < -0.3 is 10.1 Å². The summed E-state index contributed by atoms with van der Waals surface area (Å²) >= 11 is 7.07. The van der Waals surface area contributed by atoms with Crippen molar-refractivity contribution in [1.82, 2.24) is 13.9 Å². The van der Waals surface area contributed by atoms with E-state index < -0.39 is 5.91 Å². The van der Waals surface area contributed by atoms with E-state index in [9.17, 15) is 9.59 Å². The second-order valence-electron chi connectivity index (χ2n) is 6.65. The number of carbonyl (C=O) groups excluding carboxylic acids is 1. The Balaban J connectivity index is 1.60. The third-order valence-corrected chi connectivity index (χ3v) is 5.58. The van der Waals surface area contributed by atoms with E-state index >= 15 is 0 Å². The molecule has 1 N–H and O–H groups in total. The molecular weight excluding hydrogens is 424 g/mol. The summed E-state index contributed by atoms with van der Waals surface area (Å²) in [5.74, 6) is 0.0703. The minimum atomic E-state index is -0.401. The number of aryl methyl sites for hydroxylation is 1. The Hall–Kier alpha value is -3.23. The molecule has 2 aromatic heterocycles. The molecule has 0 aliphatic heterocycles. The van der Waals surface area contributed by atoms with E-state index in [4.69, 9.17) is 16.3 Å². The maximum atomic E-state index is 12.9. The van der Waals surface area contributed by atoms with Crippen molar-refractivity contribution in [3.8, 4) is 17.0 Å². The van der Waals surface area contributed by atoms with Gasteiger partial charge in [-0.15, -0.1) is 0 Å². The zero-order valence-corrected chi connectivity index (χ0v) is 17.8. The Morgan fingerprint density at radius 2 is 2.00 bits per heavy atom. The molecule has 2 heterocycles. The Kier molecular flexibility index (Phi) is 5.52. The number of fused-ring (bicyclic) bond motifs is 1. The van der Waals surface area contributed by atoms with Crippen LogP contribution in [-0.2, 0) is 11.3 Å². The van der Waals surface area contributed by atoms with Crippen molar-refractivity contribution in [3.63, 3.8) is 0 Å². The number of nitrogens with one attached hydrogen (secondary N) is 1. The molecule has 0 aliphatic rings. The minimum Gasteiger partial charge on any atom is -0.495 e. The van der Waals surface area contributed by atoms with Crippen LogP contribution in [0, 0.1) is 6.92 Å². The number of halogens is 1. The lowest BCUT2D eigenvalue weighted by molar-refractivity contribution is -0.116. The van der Waals surface area contributed by atoms with Crippen LogP contribution in [0.5, 0.6) is 5.75 Å². The quantitative estimate of drug-likeness (QED) is 0.504. The van der Waals surface area contributed by atoms with Crippen LogP contribution in [-0.4, -0.2) is 26.9 Å². The average molecular weight is 441 g/mol. The summed E-state index contributed by atoms with van der Waals surface area (Å²) in [5.41, 5.74) is 3.33. The first-order chi connectivity index (χ1) is 14.5. The highest BCUT2D eigenvalue weighted by Crippen LogP contribution is 2.28. The number of benzene rings is 2. The molecule has 7 nitrogen and oxygen atoms in total. The smallest absolute Gasteiger partial charge is 0.273 e. The number of hydrogen-bond donors (Lipinski definition) is 1. The first kappa shape index (κ1) is 20.1. The number of anilines is 1. The molecule has 0 saturated carbocycles. The summed E-state index contributed by atoms with van der Waals surface area (Å²) in [7, 11) is 1.50. The van der Waals surface area contributed by atoms with Crippen molar-refractivity contribution in [1.29, 1.82) is 0 Å². The van der Waals surface area contributed by atoms with Crippen molar-refractivity contribution >= 4 is 44.9 Å². The zero-order chi connectivity index (χ0) is 21.3. The van der Waals surface area contributed by atoms with E-state index in [2.05, 4.69) is 14.7 Å². The Labute approximate surface area is 181 Å². The van der Waals surface area contributed by atoms with E-state index in [1.165, 1.54) is 18.0 Å². The second kappa shape index (κ2) is 8.25. The predicted octanol–water partition coefficient (Wildman–Crippen LogP) is 4.13. The number of aromatic nitrogens is 3. The van der Waals surface area contributed by atoms with E-state index in [0.717, 1.165) is 22.7 Å². The highest BCUT2D eigenvalue weighted by Gasteiger charge is 2.16. The molecule has 152 valence electrons. The van der Waals surface area contributed by atoms with Gasteiger partial charge in [0.2, 0.25) is 5.91 Å². The van der Waals surface area contributed by atoms with Crippen LogP contribution in [0.15, 0.2) is 53.6 Å². The molecule has 0 spiro atoms. The monoisotopic (exact) mass is 440 g/mol. The molecule has 4 rings (SSSR count). The molecule has 30 heavy (non-hydrogen) atoms. The Bertz CT molecular complexity index is 1300. The van der Waals surface area contributed by atoms with Crippen LogP contribution in [0.3, 0.4) is 0 Å². The molecule has 0 aliphatic carbocycles. The van der Waals surface area contributed by atoms with E-state index in [1.54, 1.807) is 18.2 Å². The van der Waals surface area contributed by atoms with Gasteiger partial charge in [-0.05, 0) is 36.7 Å². The lowest BCUT2D eigenvalue weighted by Gasteiger charge is -2.11. The number of methoxy groups -OCH3 is 1. The summed E-state index contributed by atoms with van der Waals surface area (Å²) in [6.45, 7) is 1.80. The van der Waals surface area contributed by atoms with Crippen molar-refractivity contribution in [2.45, 2.75) is 13.5 Å². The van der Waals surface area contributed by atoms with Gasteiger partial charge >= 0.3 is 0 Å². The van der Waals surface area contributed by atoms with Crippen LogP contribution in [0.25, 0.3) is 21.5 Å². The molecule has 4 aromatic rings. The number of carbonyl (C=O) groups is 1. The van der Waals surface area contributed by atoms with Crippen LogP contribution in [0.4, 0.5) is 5.69 Å². The molecule has 2 aromatic carbocycles. The predicted molar refractivity (Wildman–Crippen MR) is 118 cm³/mol. The number of nitrogens with zero attached hydrogens (tertiary/aromatic N) is 3. The fraction of sp³-hybridized carbons (Fsp3) is 0.143. The summed E-state index contributed by atoms with van der Waals surface area (Å²) in [6.07, 6.45) is 1.37. The third kappa shape index (κ3) is 3.92. The highest BCUT2D eigenvalue weighted by molar-refractivity contribution is 7.13. The van der Waals surface area contributed by atoms with Gasteiger partial charge in [0.25, 0.3) is 5.56 Å². The average Bonchev–Trinajstić information content (AvgIpc) is 3.16. The SMILES string of the molecule is COc1ccc(Cl)cc1NC(=O)Cn1cnc2c(-c3ccc(C)cc3)nsc2c1=O. The van der Waals surface area contributed by atoms with Crippen LogP contribution >= 0.6 is 23.1 Å². The van der Waals surface area contributed by atoms with E-state index in [1.807, 2.05) is 31.2 Å². The second-order valence-corrected chi connectivity index (χ2v) is 7.86. The lowest BCUT2D eigenvalue weighted by atomic mass is 10.1. The Morgan fingerprint density at radius 3 is 2.73 bits per heavy atom. The van der Waals surface area contributed by atoms with Crippen molar-refractivity contribution in [3.05, 3.63) is 69.7 Å². The zero-order valence-electron chi connectivity index (χ0n) is 16.2. The van der Waals surface area contributed by atoms with Gasteiger partial charge in [0, 0.05) is 10.6 Å². The van der Waals surface area contributed by atoms with Crippen LogP contribution in [0.2, 0.25) is 5.02 Å². The molecule has 0 radical (unpaired) electrons. The van der Waals surface area contributed by atoms with Crippen molar-refractivity contribution in [2.75, 3.05) is 12.4 Å². The maximum absolute atomic E-state index is 12.9. The third-order valence-electron chi connectivity index (χ3n) is 4.52. The van der Waals surface area contributed by atoms with Crippen molar-refractivity contribution < 1.29 is 9.53 Å². The summed E-state index contributed by atoms with van der Waals surface area (Å²) in [6, 6.07) is 12.8. The molecule has 0 atom stereocenters. The molecule has 9 heteroatoms. The molecule has 0 unspecified atom stereocenters. The molecule has 1 amide bonds. The molecule has 0 bridgehead atoms. The van der Waals surface area contributed by atoms with E-state index in [-0.39, 0.29) is 12.1 Å². The number of hydrogen-bond acceptors (Lipinski definition) is 6. The molecule has 0 fully saturated rings. The summed E-state index contributed by atoms with van der Waals surface area (Å²) in [5, 5.41) is 3.17. The number of amides is 1. The first-order valence-electron chi connectivity index (χ1n) is 9.01. The van der Waals surface area contributed by atoms with Crippen LogP contribution < -0.4 is 15.6 Å². The largest absolute Gasteiger partial charge is 0.495 e. The van der Waals surface area contributed by atoms with Gasteiger partial charge in [-0.2, -0.15) is 4.37 Å². The van der Waals surface area contributed by atoms with Crippen LogP contribution in [0.1, 0.15) is 5.56 Å². The standard InChI is InChI=1S/C21H17ClN4O3S/c1-12-3-5-13(6-4-12)18-19-20(30-25-18)21(28)26(11-23-19)10-17(27)24-15-9-14(22)7-8-16(15)29-2/h3-9,11H,10H2,1-2H3,(H,24,27). The number of rotatable bonds is 5. The summed E-state index contributed by atoms with van der Waals surface area (Å²) in [4.78, 5) is 29.8. The van der Waals surface area contributed by atoms with Gasteiger partial charge in [-0.3, -0.25) is 14.2 Å². The minimum absolute atomic E-state index is 0.199. The molecular formula is C21H17ClN4O3S. The summed E-state index contributed by atoms with van der Waals surface area (Å²) < 4.78 is 11.3. The van der Waals surface area contributed by atoms with E-state index in [0.29, 0.717) is 32.4 Å². The number of ether oxygens (including phenoxy) is 1. The fourth-order valence-electron chi connectivity index (χ4n) is 2.99. The molecule has 0 saturated heterocycles. The highest BCUT2D eigenvalue weighted by atomic mass is 35.5. The maximum Gasteiger partial charge on any atom is 0.273 e. The van der Waals surface area contributed by atoms with Gasteiger partial charge in [-0.25, -0.2) is 4.98 Å². The van der Waals surface area contributed by atoms with Gasteiger partial charge in [0.15, 0.2) is 0 Å². The van der Waals surface area contributed by atoms with Crippen molar-refractivity contribution in [2.24, 2.45) is 0 Å².